The molecule has 0 bridgehead atoms. The van der Waals surface area contributed by atoms with E-state index in [0.29, 0.717) is 11.3 Å². The standard InChI is InChI=1S/C14H23NO4S/c1-10-7-11(2)14(12(3)8-10)20(17,18)15-13(5-6-16)9-19-4/h7-8,13,15-16H,5-6,9H2,1-4H3. The Morgan fingerprint density at radius 2 is 1.80 bits per heavy atom. The zero-order chi connectivity index (χ0) is 15.3. The fraction of sp³-hybridized carbons (Fsp3) is 0.571. The summed E-state index contributed by atoms with van der Waals surface area (Å²) in [5, 5.41) is 8.99. The van der Waals surface area contributed by atoms with Crippen molar-refractivity contribution in [2.45, 2.75) is 38.1 Å². The van der Waals surface area contributed by atoms with E-state index >= 15 is 0 Å². The Labute approximate surface area is 121 Å². The molecule has 0 saturated carbocycles. The molecule has 114 valence electrons. The summed E-state index contributed by atoms with van der Waals surface area (Å²) in [5.41, 5.74) is 2.47. The van der Waals surface area contributed by atoms with E-state index in [1.54, 1.807) is 13.8 Å². The average molecular weight is 301 g/mol. The third-order valence-corrected chi connectivity index (χ3v) is 4.87. The summed E-state index contributed by atoms with van der Waals surface area (Å²) in [6, 6.07) is 3.26. The van der Waals surface area contributed by atoms with Gasteiger partial charge in [0.25, 0.3) is 0 Å². The first-order valence-electron chi connectivity index (χ1n) is 6.51. The van der Waals surface area contributed by atoms with Crippen molar-refractivity contribution in [1.82, 2.24) is 4.72 Å². The number of hydrogen-bond donors (Lipinski definition) is 2. The normalized spacial score (nSPS) is 13.4. The summed E-state index contributed by atoms with van der Waals surface area (Å²) in [6.07, 6.45) is 0.316. The number of sulfonamides is 1. The molecule has 1 rings (SSSR count). The van der Waals surface area contributed by atoms with Crippen LogP contribution in [0.4, 0.5) is 0 Å². The van der Waals surface area contributed by atoms with Crippen LogP contribution in [0.5, 0.6) is 0 Å². The van der Waals surface area contributed by atoms with Gasteiger partial charge in [-0.25, -0.2) is 13.1 Å². The van der Waals surface area contributed by atoms with Gasteiger partial charge in [-0.05, 0) is 38.3 Å². The zero-order valence-corrected chi connectivity index (χ0v) is 13.3. The molecule has 0 radical (unpaired) electrons. The molecule has 0 fully saturated rings. The number of benzene rings is 1. The topological polar surface area (TPSA) is 75.6 Å². The molecule has 0 aliphatic rings. The highest BCUT2D eigenvalue weighted by Gasteiger charge is 2.23. The molecule has 20 heavy (non-hydrogen) atoms. The van der Waals surface area contributed by atoms with Crippen molar-refractivity contribution in [2.75, 3.05) is 20.3 Å². The Morgan fingerprint density at radius 3 is 2.25 bits per heavy atom. The van der Waals surface area contributed by atoms with Crippen LogP contribution >= 0.6 is 0 Å². The molecule has 0 aromatic heterocycles. The fourth-order valence-corrected chi connectivity index (χ4v) is 4.11. The Kier molecular flexibility index (Phi) is 6.13. The molecule has 2 N–H and O–H groups in total. The second-order valence-electron chi connectivity index (χ2n) is 5.01. The second kappa shape index (κ2) is 7.17. The molecule has 0 heterocycles. The third kappa shape index (κ3) is 4.28. The van der Waals surface area contributed by atoms with Gasteiger partial charge in [0, 0.05) is 19.8 Å². The van der Waals surface area contributed by atoms with E-state index in [-0.39, 0.29) is 13.2 Å². The van der Waals surface area contributed by atoms with Crippen LogP contribution in [0.3, 0.4) is 0 Å². The van der Waals surface area contributed by atoms with Crippen LogP contribution in [0.1, 0.15) is 23.1 Å². The largest absolute Gasteiger partial charge is 0.396 e. The number of hydrogen-bond acceptors (Lipinski definition) is 4. The summed E-state index contributed by atoms with van der Waals surface area (Å²) in [5.74, 6) is 0. The third-order valence-electron chi connectivity index (χ3n) is 3.04. The van der Waals surface area contributed by atoms with Gasteiger partial charge < -0.3 is 9.84 Å². The molecule has 1 unspecified atom stereocenters. The molecule has 0 spiro atoms. The maximum atomic E-state index is 12.5. The summed E-state index contributed by atoms with van der Waals surface area (Å²) in [4.78, 5) is 0.308. The van der Waals surface area contributed by atoms with Gasteiger partial charge in [0.2, 0.25) is 10.0 Å². The van der Waals surface area contributed by atoms with Gasteiger partial charge in [-0.3, -0.25) is 0 Å². The number of rotatable bonds is 7. The number of ether oxygens (including phenoxy) is 1. The van der Waals surface area contributed by atoms with Gasteiger partial charge >= 0.3 is 0 Å². The number of methoxy groups -OCH3 is 1. The number of aliphatic hydroxyl groups excluding tert-OH is 1. The van der Waals surface area contributed by atoms with Crippen LogP contribution in [0.2, 0.25) is 0 Å². The van der Waals surface area contributed by atoms with Gasteiger partial charge in [-0.15, -0.1) is 0 Å². The number of nitrogens with one attached hydrogen (secondary N) is 1. The van der Waals surface area contributed by atoms with Crippen molar-refractivity contribution in [3.63, 3.8) is 0 Å². The SMILES string of the molecule is COCC(CCO)NS(=O)(=O)c1c(C)cc(C)cc1C. The lowest BCUT2D eigenvalue weighted by Crippen LogP contribution is -2.39. The molecule has 0 aliphatic carbocycles. The minimum Gasteiger partial charge on any atom is -0.396 e. The lowest BCUT2D eigenvalue weighted by Gasteiger charge is -2.19. The van der Waals surface area contributed by atoms with E-state index in [4.69, 9.17) is 9.84 Å². The van der Waals surface area contributed by atoms with Gasteiger partial charge in [0.15, 0.2) is 0 Å². The van der Waals surface area contributed by atoms with Crippen molar-refractivity contribution in [2.24, 2.45) is 0 Å². The number of aryl methyl sites for hydroxylation is 3. The molecular formula is C14H23NO4S. The van der Waals surface area contributed by atoms with Crippen molar-refractivity contribution in [3.05, 3.63) is 28.8 Å². The monoisotopic (exact) mass is 301 g/mol. The quantitative estimate of drug-likeness (QED) is 0.795. The van der Waals surface area contributed by atoms with E-state index in [1.165, 1.54) is 7.11 Å². The van der Waals surface area contributed by atoms with Crippen LogP contribution in [0.15, 0.2) is 17.0 Å². The maximum Gasteiger partial charge on any atom is 0.241 e. The Hall–Kier alpha value is -0.950. The highest BCUT2D eigenvalue weighted by atomic mass is 32.2. The number of aliphatic hydroxyl groups is 1. The van der Waals surface area contributed by atoms with E-state index in [1.807, 2.05) is 19.1 Å². The van der Waals surface area contributed by atoms with Crippen molar-refractivity contribution in [1.29, 1.82) is 0 Å². The average Bonchev–Trinajstić information content (AvgIpc) is 2.26. The van der Waals surface area contributed by atoms with Gasteiger partial charge in [0.05, 0.1) is 11.5 Å². The van der Waals surface area contributed by atoms with E-state index in [2.05, 4.69) is 4.72 Å². The van der Waals surface area contributed by atoms with Crippen LogP contribution < -0.4 is 4.72 Å². The molecule has 0 aliphatic heterocycles. The molecule has 1 atom stereocenters. The van der Waals surface area contributed by atoms with E-state index in [9.17, 15) is 8.42 Å². The molecule has 0 saturated heterocycles. The summed E-state index contributed by atoms with van der Waals surface area (Å²) in [7, 11) is -2.12. The van der Waals surface area contributed by atoms with Crippen molar-refractivity contribution in [3.8, 4) is 0 Å². The first-order chi connectivity index (χ1) is 9.31. The van der Waals surface area contributed by atoms with Gasteiger partial charge in [-0.1, -0.05) is 17.7 Å². The molecule has 6 heteroatoms. The maximum absolute atomic E-state index is 12.5. The van der Waals surface area contributed by atoms with Crippen LogP contribution in [0.25, 0.3) is 0 Å². The first-order valence-corrected chi connectivity index (χ1v) is 8.00. The Bertz CT molecular complexity index is 525. The minimum absolute atomic E-state index is 0.0948. The zero-order valence-electron chi connectivity index (χ0n) is 12.4. The highest BCUT2D eigenvalue weighted by Crippen LogP contribution is 2.22. The van der Waals surface area contributed by atoms with Gasteiger partial charge in [0.1, 0.15) is 0 Å². The van der Waals surface area contributed by atoms with Gasteiger partial charge in [-0.2, -0.15) is 0 Å². The van der Waals surface area contributed by atoms with Crippen LogP contribution in [-0.2, 0) is 14.8 Å². The first kappa shape index (κ1) is 17.1. The second-order valence-corrected chi connectivity index (χ2v) is 6.66. The summed E-state index contributed by atoms with van der Waals surface area (Å²) in [6.45, 7) is 5.63. The van der Waals surface area contributed by atoms with Crippen LogP contribution in [0, 0.1) is 20.8 Å². The molecule has 0 amide bonds. The highest BCUT2D eigenvalue weighted by molar-refractivity contribution is 7.89. The molecular weight excluding hydrogens is 278 g/mol. The Morgan fingerprint density at radius 1 is 1.25 bits per heavy atom. The predicted octanol–water partition coefficient (Wildman–Crippen LogP) is 1.29. The Balaban J connectivity index is 3.10. The summed E-state index contributed by atoms with van der Waals surface area (Å²) >= 11 is 0. The van der Waals surface area contributed by atoms with Crippen molar-refractivity contribution < 1.29 is 18.3 Å². The van der Waals surface area contributed by atoms with E-state index in [0.717, 1.165) is 16.7 Å². The van der Waals surface area contributed by atoms with Crippen LogP contribution in [-0.4, -0.2) is 39.9 Å². The molecule has 5 nitrogen and oxygen atoms in total. The lowest BCUT2D eigenvalue weighted by molar-refractivity contribution is 0.158. The molecule has 1 aromatic rings. The van der Waals surface area contributed by atoms with Crippen molar-refractivity contribution >= 4 is 10.0 Å². The summed E-state index contributed by atoms with van der Waals surface area (Å²) < 4.78 is 32.6. The fourth-order valence-electron chi connectivity index (χ4n) is 2.40. The molecule has 1 aromatic carbocycles. The minimum atomic E-state index is -3.62. The smallest absolute Gasteiger partial charge is 0.241 e. The lowest BCUT2D eigenvalue weighted by atomic mass is 10.1. The van der Waals surface area contributed by atoms with E-state index < -0.39 is 16.1 Å². The predicted molar refractivity (Wildman–Crippen MR) is 78.3 cm³/mol.